The van der Waals surface area contributed by atoms with Crippen LogP contribution < -0.4 is 25.4 Å². The van der Waals surface area contributed by atoms with E-state index in [0.29, 0.717) is 33.7 Å². The van der Waals surface area contributed by atoms with Crippen molar-refractivity contribution in [2.24, 2.45) is 0 Å². The number of aryl methyl sites for hydroxylation is 1. The minimum atomic E-state index is -1.13. The maximum atomic E-state index is 15.0. The molecular formula is C29H26F2N4O4. The van der Waals surface area contributed by atoms with Crippen LogP contribution in [-0.4, -0.2) is 37.9 Å². The second kappa shape index (κ2) is 11.2. The van der Waals surface area contributed by atoms with E-state index in [2.05, 4.69) is 27.5 Å². The van der Waals surface area contributed by atoms with Crippen LogP contribution in [0, 0.1) is 18.6 Å². The van der Waals surface area contributed by atoms with Crippen LogP contribution in [0.1, 0.15) is 21.5 Å². The van der Waals surface area contributed by atoms with Crippen LogP contribution in [0.3, 0.4) is 0 Å². The van der Waals surface area contributed by atoms with Crippen molar-refractivity contribution >= 4 is 45.3 Å². The summed E-state index contributed by atoms with van der Waals surface area (Å²) in [6.45, 7) is 5.36. The Bertz CT molecular complexity index is 1590. The summed E-state index contributed by atoms with van der Waals surface area (Å²) in [6.07, 6.45) is 2.71. The number of rotatable bonds is 9. The number of hydrogen-bond acceptors (Lipinski definition) is 7. The number of carbonyl (C=O) groups is 2. The van der Waals surface area contributed by atoms with Gasteiger partial charge in [0.2, 0.25) is 11.7 Å². The molecule has 0 spiro atoms. The van der Waals surface area contributed by atoms with Crippen LogP contribution >= 0.6 is 0 Å². The van der Waals surface area contributed by atoms with Gasteiger partial charge in [-0.3, -0.25) is 9.59 Å². The van der Waals surface area contributed by atoms with E-state index in [0.717, 1.165) is 11.6 Å². The van der Waals surface area contributed by atoms with E-state index in [1.807, 2.05) is 19.1 Å². The first-order chi connectivity index (χ1) is 18.7. The van der Waals surface area contributed by atoms with Gasteiger partial charge in [-0.2, -0.15) is 0 Å². The molecule has 4 aromatic rings. The number of aromatic nitrogens is 1. The van der Waals surface area contributed by atoms with E-state index >= 15 is 8.78 Å². The molecule has 0 atom stereocenters. The van der Waals surface area contributed by atoms with Crippen molar-refractivity contribution < 1.29 is 27.8 Å². The molecule has 0 radical (unpaired) electrons. The zero-order valence-electron chi connectivity index (χ0n) is 21.7. The van der Waals surface area contributed by atoms with Gasteiger partial charge in [-0.15, -0.1) is 0 Å². The number of anilines is 4. The van der Waals surface area contributed by atoms with Gasteiger partial charge in [0.15, 0.2) is 23.1 Å². The van der Waals surface area contributed by atoms with E-state index in [1.54, 1.807) is 25.2 Å². The zero-order valence-corrected chi connectivity index (χ0v) is 21.7. The fourth-order valence-corrected chi connectivity index (χ4v) is 4.13. The van der Waals surface area contributed by atoms with Crippen LogP contribution in [0.5, 0.6) is 11.5 Å². The average molecular weight is 533 g/mol. The summed E-state index contributed by atoms with van der Waals surface area (Å²) in [5.74, 6) is -3.66. The molecule has 0 fully saturated rings. The quantitative estimate of drug-likeness (QED) is 0.180. The number of nitrogens with zero attached hydrogens (tertiary/aromatic N) is 1. The number of ether oxygens (including phenoxy) is 2. The van der Waals surface area contributed by atoms with Gasteiger partial charge in [0.1, 0.15) is 11.4 Å². The number of amides is 1. The molecule has 0 saturated heterocycles. The Balaban J connectivity index is 1.77. The van der Waals surface area contributed by atoms with E-state index in [4.69, 9.17) is 9.47 Å². The SMILES string of the molecule is C=CC(=O)Nc1cccc(C)c1Nc1cc2cc(NC)c(C(=O)c3c(F)c(OC)cc(OC)c3F)cc2cn1. The summed E-state index contributed by atoms with van der Waals surface area (Å²) < 4.78 is 40.0. The molecule has 200 valence electrons. The number of hydrogen-bond donors (Lipinski definition) is 3. The molecule has 3 aromatic carbocycles. The lowest BCUT2D eigenvalue weighted by atomic mass is 9.97. The summed E-state index contributed by atoms with van der Waals surface area (Å²) in [7, 11) is 4.02. The van der Waals surface area contributed by atoms with Crippen molar-refractivity contribution in [1.82, 2.24) is 4.98 Å². The van der Waals surface area contributed by atoms with Crippen molar-refractivity contribution in [1.29, 1.82) is 0 Å². The van der Waals surface area contributed by atoms with Gasteiger partial charge in [-0.1, -0.05) is 18.7 Å². The van der Waals surface area contributed by atoms with Crippen LogP contribution in [0.15, 0.2) is 61.3 Å². The minimum Gasteiger partial charge on any atom is -0.494 e. The molecule has 0 saturated carbocycles. The lowest BCUT2D eigenvalue weighted by molar-refractivity contribution is -0.111. The highest BCUT2D eigenvalue weighted by atomic mass is 19.1. The van der Waals surface area contributed by atoms with Crippen LogP contribution in [-0.2, 0) is 4.79 Å². The Morgan fingerprint density at radius 3 is 2.28 bits per heavy atom. The molecule has 8 nitrogen and oxygen atoms in total. The number of methoxy groups -OCH3 is 2. The first-order valence-electron chi connectivity index (χ1n) is 11.8. The van der Waals surface area contributed by atoms with Crippen LogP contribution in [0.2, 0.25) is 0 Å². The van der Waals surface area contributed by atoms with Gasteiger partial charge in [-0.25, -0.2) is 13.8 Å². The highest BCUT2D eigenvalue weighted by Crippen LogP contribution is 2.35. The lowest BCUT2D eigenvalue weighted by Crippen LogP contribution is -2.12. The molecular weight excluding hydrogens is 506 g/mol. The lowest BCUT2D eigenvalue weighted by Gasteiger charge is -2.16. The number of para-hydroxylation sites is 1. The van der Waals surface area contributed by atoms with Crippen LogP contribution in [0.4, 0.5) is 31.7 Å². The number of ketones is 1. The van der Waals surface area contributed by atoms with Gasteiger partial charge in [0, 0.05) is 35.9 Å². The van der Waals surface area contributed by atoms with E-state index < -0.39 is 23.0 Å². The number of halogens is 2. The van der Waals surface area contributed by atoms with Gasteiger partial charge in [0.05, 0.1) is 25.6 Å². The molecule has 0 bridgehead atoms. The minimum absolute atomic E-state index is 0.0361. The third kappa shape index (κ3) is 5.22. The predicted octanol–water partition coefficient (Wildman–Crippen LogP) is 5.98. The molecule has 0 aliphatic carbocycles. The third-order valence-electron chi connectivity index (χ3n) is 6.14. The standard InChI is InChI=1S/C29H26F2N4O4/c1-6-24(36)34-19-9-7-8-15(2)28(19)35-23-12-16-11-20(32-3)18(10-17(16)14-33-23)29(37)25-26(30)21(38-4)13-22(39-5)27(25)31/h6-14,32H,1H2,2-5H3,(H,33,35)(H,34,36). The smallest absolute Gasteiger partial charge is 0.247 e. The molecule has 0 unspecified atom stereocenters. The molecule has 0 aliphatic heterocycles. The Labute approximate surface area is 223 Å². The fraction of sp³-hybridized carbons (Fsp3) is 0.138. The molecule has 3 N–H and O–H groups in total. The number of carbonyl (C=O) groups excluding carboxylic acids is 2. The van der Waals surface area contributed by atoms with Gasteiger partial charge < -0.3 is 25.4 Å². The van der Waals surface area contributed by atoms with Crippen LogP contribution in [0.25, 0.3) is 10.8 Å². The monoisotopic (exact) mass is 532 g/mol. The number of pyridine rings is 1. The Hall–Kier alpha value is -4.99. The summed E-state index contributed by atoms with van der Waals surface area (Å²) in [6, 6.07) is 11.4. The summed E-state index contributed by atoms with van der Waals surface area (Å²) >= 11 is 0. The Kier molecular flexibility index (Phi) is 7.75. The largest absolute Gasteiger partial charge is 0.494 e. The molecule has 10 heteroatoms. The summed E-state index contributed by atoms with van der Waals surface area (Å²) in [5.41, 5.74) is 1.67. The molecule has 1 aromatic heterocycles. The molecule has 1 heterocycles. The first kappa shape index (κ1) is 27.1. The van der Waals surface area contributed by atoms with E-state index in [1.165, 1.54) is 32.6 Å². The fourth-order valence-electron chi connectivity index (χ4n) is 4.13. The highest BCUT2D eigenvalue weighted by molar-refractivity contribution is 6.15. The molecule has 4 rings (SSSR count). The summed E-state index contributed by atoms with van der Waals surface area (Å²) in [4.78, 5) is 29.8. The van der Waals surface area contributed by atoms with Crippen molar-refractivity contribution in [2.75, 3.05) is 37.2 Å². The van der Waals surface area contributed by atoms with Crippen molar-refractivity contribution in [2.45, 2.75) is 6.92 Å². The van der Waals surface area contributed by atoms with Gasteiger partial charge >= 0.3 is 0 Å². The molecule has 1 amide bonds. The number of nitrogens with one attached hydrogen (secondary N) is 3. The molecule has 39 heavy (non-hydrogen) atoms. The Morgan fingerprint density at radius 2 is 1.67 bits per heavy atom. The maximum Gasteiger partial charge on any atom is 0.247 e. The van der Waals surface area contributed by atoms with E-state index in [-0.39, 0.29) is 23.0 Å². The third-order valence-corrected chi connectivity index (χ3v) is 6.14. The predicted molar refractivity (Wildman–Crippen MR) is 147 cm³/mol. The second-order valence-electron chi connectivity index (χ2n) is 8.49. The number of benzene rings is 3. The highest BCUT2D eigenvalue weighted by Gasteiger charge is 2.28. The Morgan fingerprint density at radius 1 is 0.974 bits per heavy atom. The van der Waals surface area contributed by atoms with Crippen molar-refractivity contribution in [3.8, 4) is 11.5 Å². The normalized spacial score (nSPS) is 10.6. The second-order valence-corrected chi connectivity index (χ2v) is 8.49. The zero-order chi connectivity index (χ0) is 28.3. The molecule has 0 aliphatic rings. The van der Waals surface area contributed by atoms with Crippen molar-refractivity contribution in [3.63, 3.8) is 0 Å². The first-order valence-corrected chi connectivity index (χ1v) is 11.8. The maximum absolute atomic E-state index is 15.0. The van der Waals surface area contributed by atoms with Crippen molar-refractivity contribution in [3.05, 3.63) is 89.6 Å². The topological polar surface area (TPSA) is 102 Å². The van der Waals surface area contributed by atoms with Gasteiger partial charge in [-0.05, 0) is 48.2 Å². The van der Waals surface area contributed by atoms with Gasteiger partial charge in [0.25, 0.3) is 0 Å². The number of fused-ring (bicyclic) bond motifs is 1. The average Bonchev–Trinajstić information content (AvgIpc) is 2.94. The van der Waals surface area contributed by atoms with E-state index in [9.17, 15) is 9.59 Å². The summed E-state index contributed by atoms with van der Waals surface area (Å²) in [5, 5.41) is 10.2.